The van der Waals surface area contributed by atoms with Gasteiger partial charge in [-0.3, -0.25) is 4.79 Å². The van der Waals surface area contributed by atoms with E-state index >= 15 is 0 Å². The predicted octanol–water partition coefficient (Wildman–Crippen LogP) is 1.70. The fourth-order valence-electron chi connectivity index (χ4n) is 2.18. The smallest absolute Gasteiger partial charge is 0.308 e. The van der Waals surface area contributed by atoms with Gasteiger partial charge < -0.3 is 10.4 Å². The molecule has 1 fully saturated rings. The van der Waals surface area contributed by atoms with Gasteiger partial charge in [-0.25, -0.2) is 0 Å². The summed E-state index contributed by atoms with van der Waals surface area (Å²) in [5.41, 5.74) is 1.31. The lowest BCUT2D eigenvalue weighted by atomic mass is 9.92. The average Bonchev–Trinajstić information content (AvgIpc) is 2.85. The first-order valence-electron chi connectivity index (χ1n) is 5.23. The lowest BCUT2D eigenvalue weighted by Crippen LogP contribution is -2.20. The van der Waals surface area contributed by atoms with E-state index in [-0.39, 0.29) is 11.8 Å². The molecule has 0 aromatic carbocycles. The van der Waals surface area contributed by atoms with Gasteiger partial charge in [0.2, 0.25) is 0 Å². The van der Waals surface area contributed by atoms with Crippen molar-refractivity contribution in [1.29, 1.82) is 0 Å². The molecule has 15 heavy (non-hydrogen) atoms. The highest BCUT2D eigenvalue weighted by molar-refractivity contribution is 7.10. The van der Waals surface area contributed by atoms with Gasteiger partial charge >= 0.3 is 5.97 Å². The highest BCUT2D eigenvalue weighted by Gasteiger charge is 2.35. The number of carboxylic acids is 1. The number of carbonyl (C=O) groups is 1. The molecule has 0 amide bonds. The van der Waals surface area contributed by atoms with E-state index in [1.165, 1.54) is 10.4 Å². The third-order valence-electron chi connectivity index (χ3n) is 3.03. The number of hydrogen-bond acceptors (Lipinski definition) is 3. The molecule has 1 aromatic heterocycles. The first-order chi connectivity index (χ1) is 7.24. The van der Waals surface area contributed by atoms with Gasteiger partial charge in [0, 0.05) is 23.9 Å². The third-order valence-corrected chi connectivity index (χ3v) is 4.12. The molecule has 0 spiro atoms. The summed E-state index contributed by atoms with van der Waals surface area (Å²) in [5, 5.41) is 14.3. The molecule has 1 aliphatic rings. The zero-order chi connectivity index (χ0) is 10.8. The van der Waals surface area contributed by atoms with Gasteiger partial charge in [-0.05, 0) is 23.4 Å². The lowest BCUT2D eigenvalue weighted by molar-refractivity contribution is -0.141. The van der Waals surface area contributed by atoms with Crippen LogP contribution in [0.5, 0.6) is 0 Å². The molecule has 1 aromatic rings. The van der Waals surface area contributed by atoms with Crippen LogP contribution in [0.15, 0.2) is 11.4 Å². The summed E-state index contributed by atoms with van der Waals surface area (Å²) < 4.78 is 0. The lowest BCUT2D eigenvalue weighted by Gasteiger charge is -2.14. The number of aryl methyl sites for hydroxylation is 1. The van der Waals surface area contributed by atoms with Crippen molar-refractivity contribution < 1.29 is 9.90 Å². The van der Waals surface area contributed by atoms with Gasteiger partial charge in [-0.2, -0.15) is 0 Å². The topological polar surface area (TPSA) is 49.3 Å². The fourth-order valence-corrected chi connectivity index (χ4v) is 3.34. The predicted molar refractivity (Wildman–Crippen MR) is 60.4 cm³/mol. The number of rotatable bonds is 3. The molecule has 0 aliphatic carbocycles. The Hall–Kier alpha value is -0.870. The van der Waals surface area contributed by atoms with E-state index in [1.807, 2.05) is 0 Å². The maximum absolute atomic E-state index is 11.1. The van der Waals surface area contributed by atoms with Crippen molar-refractivity contribution in [1.82, 2.24) is 5.32 Å². The minimum atomic E-state index is -0.680. The van der Waals surface area contributed by atoms with Crippen LogP contribution >= 0.6 is 11.3 Å². The van der Waals surface area contributed by atoms with Gasteiger partial charge in [0.25, 0.3) is 0 Å². The molecule has 0 bridgehead atoms. The summed E-state index contributed by atoms with van der Waals surface area (Å²) in [6.45, 7) is 3.51. The molecule has 2 heterocycles. The Morgan fingerprint density at radius 1 is 1.67 bits per heavy atom. The number of aliphatic carboxylic acids is 1. The summed E-state index contributed by atoms with van der Waals surface area (Å²) >= 11 is 1.69. The Balaban J connectivity index is 2.26. The highest BCUT2D eigenvalue weighted by Crippen LogP contribution is 2.34. The van der Waals surface area contributed by atoms with E-state index in [4.69, 9.17) is 5.11 Å². The van der Waals surface area contributed by atoms with Crippen LogP contribution in [0, 0.1) is 5.92 Å². The van der Waals surface area contributed by atoms with Crippen molar-refractivity contribution in [2.75, 3.05) is 13.1 Å². The zero-order valence-corrected chi connectivity index (χ0v) is 9.51. The molecule has 2 atom stereocenters. The Morgan fingerprint density at radius 3 is 3.13 bits per heavy atom. The van der Waals surface area contributed by atoms with Gasteiger partial charge in [0.15, 0.2) is 0 Å². The molecule has 3 nitrogen and oxygen atoms in total. The second-order valence-corrected chi connectivity index (χ2v) is 4.82. The Morgan fingerprint density at radius 2 is 2.47 bits per heavy atom. The second-order valence-electron chi connectivity index (χ2n) is 3.87. The first kappa shape index (κ1) is 10.6. The molecule has 2 N–H and O–H groups in total. The molecular weight excluding hydrogens is 210 g/mol. The monoisotopic (exact) mass is 225 g/mol. The van der Waals surface area contributed by atoms with Crippen LogP contribution in [0.25, 0.3) is 0 Å². The van der Waals surface area contributed by atoms with Crippen LogP contribution < -0.4 is 5.32 Å². The van der Waals surface area contributed by atoms with E-state index in [1.54, 1.807) is 11.3 Å². The maximum atomic E-state index is 11.1. The van der Waals surface area contributed by atoms with Crippen LogP contribution in [0.3, 0.4) is 0 Å². The minimum absolute atomic E-state index is 0.164. The van der Waals surface area contributed by atoms with E-state index in [0.717, 1.165) is 13.0 Å². The van der Waals surface area contributed by atoms with Crippen LogP contribution in [-0.2, 0) is 11.2 Å². The molecule has 1 saturated heterocycles. The van der Waals surface area contributed by atoms with E-state index in [0.29, 0.717) is 6.54 Å². The van der Waals surface area contributed by atoms with Crippen molar-refractivity contribution >= 4 is 17.3 Å². The molecule has 2 rings (SSSR count). The first-order valence-corrected chi connectivity index (χ1v) is 6.11. The number of hydrogen-bond donors (Lipinski definition) is 2. The van der Waals surface area contributed by atoms with Crippen molar-refractivity contribution in [3.63, 3.8) is 0 Å². The Kier molecular flexibility index (Phi) is 3.07. The second kappa shape index (κ2) is 4.33. The largest absolute Gasteiger partial charge is 0.481 e. The number of carboxylic acid groups (broad SMARTS) is 1. The van der Waals surface area contributed by atoms with Crippen LogP contribution in [0.1, 0.15) is 23.3 Å². The van der Waals surface area contributed by atoms with Gasteiger partial charge in [0.1, 0.15) is 0 Å². The van der Waals surface area contributed by atoms with E-state index in [2.05, 4.69) is 23.7 Å². The maximum Gasteiger partial charge on any atom is 0.308 e. The molecule has 82 valence electrons. The number of nitrogens with one attached hydrogen (secondary N) is 1. The van der Waals surface area contributed by atoms with E-state index < -0.39 is 5.97 Å². The molecule has 0 radical (unpaired) electrons. The summed E-state index contributed by atoms with van der Waals surface area (Å²) in [5.74, 6) is -0.771. The van der Waals surface area contributed by atoms with Gasteiger partial charge in [0.05, 0.1) is 5.92 Å². The summed E-state index contributed by atoms with van der Waals surface area (Å²) in [6.07, 6.45) is 0.988. The SMILES string of the molecule is CCc1ccsc1C1CNCC1C(=O)O. The van der Waals surface area contributed by atoms with Crippen molar-refractivity contribution in [2.45, 2.75) is 19.3 Å². The van der Waals surface area contributed by atoms with Gasteiger partial charge in [-0.15, -0.1) is 11.3 Å². The van der Waals surface area contributed by atoms with Crippen molar-refractivity contribution in [2.24, 2.45) is 5.92 Å². The van der Waals surface area contributed by atoms with Gasteiger partial charge in [-0.1, -0.05) is 6.92 Å². The molecule has 2 unspecified atom stereocenters. The quantitative estimate of drug-likeness (QED) is 0.823. The summed E-state index contributed by atoms with van der Waals surface area (Å²) in [7, 11) is 0. The number of thiophene rings is 1. The minimum Gasteiger partial charge on any atom is -0.481 e. The zero-order valence-electron chi connectivity index (χ0n) is 8.69. The van der Waals surface area contributed by atoms with Crippen LogP contribution in [0.2, 0.25) is 0 Å². The summed E-state index contributed by atoms with van der Waals surface area (Å²) in [4.78, 5) is 12.3. The van der Waals surface area contributed by atoms with Crippen LogP contribution in [0.4, 0.5) is 0 Å². The third kappa shape index (κ3) is 1.92. The molecule has 0 saturated carbocycles. The van der Waals surface area contributed by atoms with Crippen LogP contribution in [-0.4, -0.2) is 24.2 Å². The highest BCUT2D eigenvalue weighted by atomic mass is 32.1. The molecule has 1 aliphatic heterocycles. The molecular formula is C11H15NO2S. The Bertz CT molecular complexity index is 361. The Labute approximate surface area is 93.1 Å². The normalized spacial score (nSPS) is 25.7. The average molecular weight is 225 g/mol. The van der Waals surface area contributed by atoms with Crippen molar-refractivity contribution in [3.8, 4) is 0 Å². The van der Waals surface area contributed by atoms with Crippen molar-refractivity contribution in [3.05, 3.63) is 21.9 Å². The van der Waals surface area contributed by atoms with E-state index in [9.17, 15) is 4.79 Å². The summed E-state index contributed by atoms with van der Waals surface area (Å²) in [6, 6.07) is 2.11. The standard InChI is InChI=1S/C11H15NO2S/c1-2-7-3-4-15-10(7)8-5-12-6-9(8)11(13)14/h3-4,8-9,12H,2,5-6H2,1H3,(H,13,14). The molecule has 4 heteroatoms. The fraction of sp³-hybridized carbons (Fsp3) is 0.545.